The summed E-state index contributed by atoms with van der Waals surface area (Å²) in [6.07, 6.45) is 13.8. The number of nitrogens with one attached hydrogen (secondary N) is 1. The first-order chi connectivity index (χ1) is 13.7. The van der Waals surface area contributed by atoms with Crippen LogP contribution in [0.15, 0.2) is 22.9 Å². The van der Waals surface area contributed by atoms with Gasteiger partial charge >= 0.3 is 0 Å². The molecule has 3 nitrogen and oxygen atoms in total. The van der Waals surface area contributed by atoms with E-state index in [9.17, 15) is 0 Å². The predicted molar refractivity (Wildman–Crippen MR) is 113 cm³/mol. The van der Waals surface area contributed by atoms with Crippen LogP contribution in [0.1, 0.15) is 57.8 Å². The fourth-order valence-electron chi connectivity index (χ4n) is 5.96. The molecule has 4 rings (SSSR count). The van der Waals surface area contributed by atoms with E-state index < -0.39 is 6.17 Å². The van der Waals surface area contributed by atoms with Crippen LogP contribution < -0.4 is 5.32 Å². The van der Waals surface area contributed by atoms with Crippen LogP contribution in [-0.2, 0) is 4.74 Å². The van der Waals surface area contributed by atoms with Gasteiger partial charge in [-0.3, -0.25) is 4.90 Å². The molecule has 0 aromatic heterocycles. The molecule has 0 amide bonds. The summed E-state index contributed by atoms with van der Waals surface area (Å²) in [7, 11) is 1.68. The van der Waals surface area contributed by atoms with E-state index in [1.165, 1.54) is 38.8 Å². The maximum Gasteiger partial charge on any atom is 0.114 e. The lowest BCUT2D eigenvalue weighted by Crippen LogP contribution is -2.49. The highest BCUT2D eigenvalue weighted by Gasteiger charge is 2.42. The summed E-state index contributed by atoms with van der Waals surface area (Å²) in [5.41, 5.74) is 0. The first-order valence-electron chi connectivity index (χ1n) is 11.4. The van der Waals surface area contributed by atoms with Crippen molar-refractivity contribution in [3.63, 3.8) is 0 Å². The zero-order valence-electron chi connectivity index (χ0n) is 17.2. The fraction of sp³-hybridized carbons (Fsp3) is 0.826. The number of methoxy groups -OCH3 is 1. The summed E-state index contributed by atoms with van der Waals surface area (Å²) in [4.78, 5) is 2.59. The van der Waals surface area contributed by atoms with Crippen LogP contribution in [-0.4, -0.2) is 44.0 Å². The molecule has 0 aromatic carbocycles. The summed E-state index contributed by atoms with van der Waals surface area (Å²) in [6.45, 7) is 3.51. The van der Waals surface area contributed by atoms with Crippen molar-refractivity contribution in [2.75, 3.05) is 26.7 Å². The van der Waals surface area contributed by atoms with Gasteiger partial charge < -0.3 is 10.1 Å². The third kappa shape index (κ3) is 4.60. The molecule has 1 N–H and O–H groups in total. The average Bonchev–Trinajstić information content (AvgIpc) is 3.24. The molecule has 6 unspecified atom stereocenters. The molecule has 0 saturated carbocycles. The molecule has 2 saturated heterocycles. The third-order valence-corrected chi connectivity index (χ3v) is 7.81. The SMILES string of the molecule is COC1=CCC(CC2CCC(N3CCCC3)NC2)C(F)C1C1C=C(Cl)CCC1. The number of allylic oxidation sites excluding steroid dienone is 4. The molecular formula is C23H36ClFN2O. The van der Waals surface area contributed by atoms with Gasteiger partial charge in [-0.25, -0.2) is 4.39 Å². The third-order valence-electron chi connectivity index (χ3n) is 7.50. The van der Waals surface area contributed by atoms with E-state index >= 15 is 4.39 Å². The minimum Gasteiger partial charge on any atom is -0.501 e. The lowest BCUT2D eigenvalue weighted by molar-refractivity contribution is 0.0576. The molecular weight excluding hydrogens is 375 g/mol. The zero-order chi connectivity index (χ0) is 19.5. The van der Waals surface area contributed by atoms with Gasteiger partial charge in [-0.2, -0.15) is 0 Å². The van der Waals surface area contributed by atoms with E-state index in [-0.39, 0.29) is 17.8 Å². The van der Waals surface area contributed by atoms with Crippen LogP contribution in [0.5, 0.6) is 0 Å². The molecule has 2 heterocycles. The van der Waals surface area contributed by atoms with E-state index in [0.29, 0.717) is 12.1 Å². The minimum atomic E-state index is -0.833. The van der Waals surface area contributed by atoms with Crippen molar-refractivity contribution in [3.8, 4) is 0 Å². The van der Waals surface area contributed by atoms with Crippen molar-refractivity contribution in [2.24, 2.45) is 23.7 Å². The fourth-order valence-corrected chi connectivity index (χ4v) is 6.26. The molecule has 0 radical (unpaired) electrons. The quantitative estimate of drug-likeness (QED) is 0.671. The zero-order valence-corrected chi connectivity index (χ0v) is 18.0. The lowest BCUT2D eigenvalue weighted by Gasteiger charge is -2.40. The topological polar surface area (TPSA) is 24.5 Å². The Balaban J connectivity index is 1.36. The Labute approximate surface area is 174 Å². The predicted octanol–water partition coefficient (Wildman–Crippen LogP) is 5.23. The number of nitrogens with zero attached hydrogens (tertiary/aromatic N) is 1. The van der Waals surface area contributed by atoms with Gasteiger partial charge in [0.2, 0.25) is 0 Å². The van der Waals surface area contributed by atoms with Crippen molar-refractivity contribution < 1.29 is 9.13 Å². The highest BCUT2D eigenvalue weighted by molar-refractivity contribution is 6.29. The molecule has 0 aromatic rings. The van der Waals surface area contributed by atoms with Crippen LogP contribution in [0, 0.1) is 23.7 Å². The number of ether oxygens (including phenoxy) is 1. The van der Waals surface area contributed by atoms with Gasteiger partial charge in [0.1, 0.15) is 6.17 Å². The monoisotopic (exact) mass is 410 g/mol. The molecule has 4 aliphatic rings. The van der Waals surface area contributed by atoms with Gasteiger partial charge in [0.15, 0.2) is 0 Å². The van der Waals surface area contributed by atoms with Gasteiger partial charge in [-0.1, -0.05) is 17.7 Å². The molecule has 2 aliphatic carbocycles. The summed E-state index contributed by atoms with van der Waals surface area (Å²) < 4.78 is 21.3. The molecule has 2 fully saturated rings. The summed E-state index contributed by atoms with van der Waals surface area (Å²) in [5, 5.41) is 4.65. The van der Waals surface area contributed by atoms with Gasteiger partial charge in [0.25, 0.3) is 0 Å². The van der Waals surface area contributed by atoms with E-state index in [2.05, 4.69) is 22.4 Å². The van der Waals surface area contributed by atoms with E-state index in [0.717, 1.165) is 49.4 Å². The van der Waals surface area contributed by atoms with Crippen LogP contribution in [0.4, 0.5) is 4.39 Å². The molecule has 0 bridgehead atoms. The average molecular weight is 411 g/mol. The second kappa shape index (κ2) is 9.49. The van der Waals surface area contributed by atoms with Crippen molar-refractivity contribution in [3.05, 3.63) is 22.9 Å². The number of piperidine rings is 1. The van der Waals surface area contributed by atoms with Crippen molar-refractivity contribution in [1.29, 1.82) is 0 Å². The maximum absolute atomic E-state index is 15.7. The second-order valence-corrected chi connectivity index (χ2v) is 9.78. The molecule has 158 valence electrons. The molecule has 2 aliphatic heterocycles. The molecule has 28 heavy (non-hydrogen) atoms. The number of alkyl halides is 1. The highest BCUT2D eigenvalue weighted by Crippen LogP contribution is 2.44. The Hall–Kier alpha value is -0.580. The Morgan fingerprint density at radius 1 is 1.21 bits per heavy atom. The maximum atomic E-state index is 15.7. The van der Waals surface area contributed by atoms with Crippen LogP contribution in [0.3, 0.4) is 0 Å². The van der Waals surface area contributed by atoms with Crippen molar-refractivity contribution in [1.82, 2.24) is 10.2 Å². The largest absolute Gasteiger partial charge is 0.501 e. The minimum absolute atomic E-state index is 0.105. The smallest absolute Gasteiger partial charge is 0.114 e. The van der Waals surface area contributed by atoms with E-state index in [4.69, 9.17) is 16.3 Å². The molecule has 6 atom stereocenters. The van der Waals surface area contributed by atoms with Crippen LogP contribution >= 0.6 is 11.6 Å². The van der Waals surface area contributed by atoms with Gasteiger partial charge in [0.05, 0.1) is 25.0 Å². The van der Waals surface area contributed by atoms with E-state index in [1.54, 1.807) is 7.11 Å². The number of halogens is 2. The Morgan fingerprint density at radius 2 is 2.04 bits per heavy atom. The summed E-state index contributed by atoms with van der Waals surface area (Å²) in [5.74, 6) is 1.55. The molecule has 0 spiro atoms. The Bertz CT molecular complexity index is 581. The van der Waals surface area contributed by atoms with Crippen molar-refractivity contribution in [2.45, 2.75) is 70.1 Å². The van der Waals surface area contributed by atoms with Crippen LogP contribution in [0.25, 0.3) is 0 Å². The number of hydrogen-bond donors (Lipinski definition) is 1. The number of hydrogen-bond acceptors (Lipinski definition) is 3. The highest BCUT2D eigenvalue weighted by atomic mass is 35.5. The summed E-state index contributed by atoms with van der Waals surface area (Å²) >= 11 is 6.29. The molecule has 5 heteroatoms. The second-order valence-electron chi connectivity index (χ2n) is 9.29. The Kier molecular flexibility index (Phi) is 7.01. The number of likely N-dealkylation sites (tertiary alicyclic amines) is 1. The first-order valence-corrected chi connectivity index (χ1v) is 11.7. The van der Waals surface area contributed by atoms with Gasteiger partial charge in [-0.15, -0.1) is 0 Å². The Morgan fingerprint density at radius 3 is 2.71 bits per heavy atom. The first kappa shape index (κ1) is 20.7. The van der Waals surface area contributed by atoms with Gasteiger partial charge in [0, 0.05) is 5.03 Å². The normalized spacial score (nSPS) is 40.1. The van der Waals surface area contributed by atoms with Crippen molar-refractivity contribution >= 4 is 11.6 Å². The van der Waals surface area contributed by atoms with Crippen LogP contribution in [0.2, 0.25) is 0 Å². The standard InChI is InChI=1S/C23H36ClFN2O/c1-28-20-9-8-18(23(25)22(20)17-5-4-6-19(24)14-17)13-16-7-10-21(26-15-16)27-11-2-3-12-27/h9,14,16-18,21-23,26H,2-8,10-13,15H2,1H3. The van der Waals surface area contributed by atoms with E-state index in [1.807, 2.05) is 0 Å². The lowest BCUT2D eigenvalue weighted by atomic mass is 9.71. The summed E-state index contributed by atoms with van der Waals surface area (Å²) in [6, 6.07) is 0. The number of rotatable bonds is 5. The van der Waals surface area contributed by atoms with Gasteiger partial charge in [-0.05, 0) is 101 Å².